The molecule has 0 bridgehead atoms. The predicted molar refractivity (Wildman–Crippen MR) is 72.3 cm³/mol. The first-order valence-corrected chi connectivity index (χ1v) is 7.18. The van der Waals surface area contributed by atoms with Gasteiger partial charge < -0.3 is 15.2 Å². The van der Waals surface area contributed by atoms with Crippen molar-refractivity contribution in [2.24, 2.45) is 0 Å². The van der Waals surface area contributed by atoms with Crippen LogP contribution >= 0.6 is 11.8 Å². The summed E-state index contributed by atoms with van der Waals surface area (Å²) in [4.78, 5) is 11.5. The molecule has 0 radical (unpaired) electrons. The Bertz CT molecular complexity index is 212. The van der Waals surface area contributed by atoms with Crippen LogP contribution < -0.4 is 5.32 Å². The van der Waals surface area contributed by atoms with E-state index in [1.807, 2.05) is 6.92 Å². The summed E-state index contributed by atoms with van der Waals surface area (Å²) in [5, 5.41) is 12.7. The molecule has 0 spiro atoms. The number of rotatable bonds is 9. The molecule has 0 fully saturated rings. The highest BCUT2D eigenvalue weighted by atomic mass is 32.2. The third kappa shape index (κ3) is 7.63. The average molecular weight is 263 g/mol. The second-order valence-electron chi connectivity index (χ2n) is 4.14. The van der Waals surface area contributed by atoms with E-state index in [-0.39, 0.29) is 23.4 Å². The zero-order valence-corrected chi connectivity index (χ0v) is 12.0. The Labute approximate surface area is 108 Å². The molecule has 17 heavy (non-hydrogen) atoms. The minimum absolute atomic E-state index is 0.194. The van der Waals surface area contributed by atoms with Crippen molar-refractivity contribution < 1.29 is 14.6 Å². The maximum Gasteiger partial charge on any atom is 0.322 e. The van der Waals surface area contributed by atoms with Gasteiger partial charge >= 0.3 is 5.97 Å². The van der Waals surface area contributed by atoms with Gasteiger partial charge in [0.05, 0.1) is 13.2 Å². The number of nitrogens with one attached hydrogen (secondary N) is 1. The first kappa shape index (κ1) is 16.7. The van der Waals surface area contributed by atoms with Crippen LogP contribution in [0.5, 0.6) is 0 Å². The fourth-order valence-corrected chi connectivity index (χ4v) is 2.30. The van der Waals surface area contributed by atoms with E-state index in [1.165, 1.54) is 7.11 Å². The maximum atomic E-state index is 11.5. The second-order valence-corrected chi connectivity index (χ2v) is 5.62. The van der Waals surface area contributed by atoms with Gasteiger partial charge in [0.15, 0.2) is 0 Å². The third-order valence-electron chi connectivity index (χ3n) is 2.59. The fourth-order valence-electron chi connectivity index (χ4n) is 1.28. The Morgan fingerprint density at radius 1 is 1.47 bits per heavy atom. The zero-order valence-electron chi connectivity index (χ0n) is 11.2. The Morgan fingerprint density at radius 2 is 2.12 bits per heavy atom. The molecule has 0 aliphatic carbocycles. The molecule has 0 amide bonds. The summed E-state index contributed by atoms with van der Waals surface area (Å²) < 4.78 is 4.75. The number of thioether (sulfide) groups is 1. The van der Waals surface area contributed by atoms with Crippen LogP contribution in [-0.4, -0.2) is 47.9 Å². The largest absolute Gasteiger partial charge is 0.468 e. The van der Waals surface area contributed by atoms with Gasteiger partial charge in [-0.25, -0.2) is 0 Å². The SMILES string of the molecule is CCCNC(CCSC(C)C(C)O)C(=O)OC. The van der Waals surface area contributed by atoms with Crippen molar-refractivity contribution in [2.45, 2.75) is 51.0 Å². The van der Waals surface area contributed by atoms with Crippen LogP contribution in [0.4, 0.5) is 0 Å². The molecule has 0 rings (SSSR count). The number of methoxy groups -OCH3 is 1. The summed E-state index contributed by atoms with van der Waals surface area (Å²) in [5.41, 5.74) is 0. The van der Waals surface area contributed by atoms with Gasteiger partial charge in [-0.1, -0.05) is 13.8 Å². The average Bonchev–Trinajstić information content (AvgIpc) is 2.31. The van der Waals surface area contributed by atoms with E-state index < -0.39 is 0 Å². The lowest BCUT2D eigenvalue weighted by atomic mass is 10.2. The molecular formula is C12H25NO3S. The van der Waals surface area contributed by atoms with Crippen LogP contribution in [0.15, 0.2) is 0 Å². The molecule has 0 aromatic rings. The molecule has 3 unspecified atom stereocenters. The topological polar surface area (TPSA) is 58.6 Å². The quantitative estimate of drug-likeness (QED) is 0.616. The lowest BCUT2D eigenvalue weighted by Crippen LogP contribution is -2.38. The van der Waals surface area contributed by atoms with Crippen molar-refractivity contribution in [3.8, 4) is 0 Å². The number of esters is 1. The predicted octanol–water partition coefficient (Wildman–Crippen LogP) is 1.42. The van der Waals surface area contributed by atoms with E-state index in [2.05, 4.69) is 12.2 Å². The lowest BCUT2D eigenvalue weighted by molar-refractivity contribution is -0.143. The van der Waals surface area contributed by atoms with Gasteiger partial charge in [-0.2, -0.15) is 11.8 Å². The van der Waals surface area contributed by atoms with E-state index in [1.54, 1.807) is 18.7 Å². The molecule has 0 aromatic carbocycles. The molecule has 2 N–H and O–H groups in total. The van der Waals surface area contributed by atoms with Gasteiger partial charge in [-0.15, -0.1) is 0 Å². The smallest absolute Gasteiger partial charge is 0.322 e. The third-order valence-corrected chi connectivity index (χ3v) is 3.98. The Hall–Kier alpha value is -0.260. The van der Waals surface area contributed by atoms with Crippen LogP contribution in [0.25, 0.3) is 0 Å². The van der Waals surface area contributed by atoms with Gasteiger partial charge in [0.1, 0.15) is 6.04 Å². The number of hydrogen-bond acceptors (Lipinski definition) is 5. The second kappa shape index (κ2) is 9.74. The van der Waals surface area contributed by atoms with Crippen LogP contribution in [0.3, 0.4) is 0 Å². The molecule has 0 aromatic heterocycles. The summed E-state index contributed by atoms with van der Waals surface area (Å²) in [6, 6.07) is -0.228. The zero-order chi connectivity index (χ0) is 13.3. The number of aliphatic hydroxyl groups is 1. The number of carbonyl (C=O) groups excluding carboxylic acids is 1. The minimum atomic E-state index is -0.319. The summed E-state index contributed by atoms with van der Waals surface area (Å²) in [5.74, 6) is 0.631. The van der Waals surface area contributed by atoms with Crippen LogP contribution in [0.2, 0.25) is 0 Å². The van der Waals surface area contributed by atoms with Gasteiger partial charge in [-0.3, -0.25) is 4.79 Å². The summed E-state index contributed by atoms with van der Waals surface area (Å²) >= 11 is 1.68. The number of aliphatic hydroxyl groups excluding tert-OH is 1. The molecule has 102 valence electrons. The molecule has 0 saturated carbocycles. The van der Waals surface area contributed by atoms with E-state index >= 15 is 0 Å². The Morgan fingerprint density at radius 3 is 2.59 bits per heavy atom. The summed E-state index contributed by atoms with van der Waals surface area (Å²) in [7, 11) is 1.41. The molecule has 0 heterocycles. The molecular weight excluding hydrogens is 238 g/mol. The van der Waals surface area contributed by atoms with Crippen LogP contribution in [0, 0.1) is 0 Å². The van der Waals surface area contributed by atoms with E-state index in [9.17, 15) is 9.90 Å². The highest BCUT2D eigenvalue weighted by molar-refractivity contribution is 7.99. The van der Waals surface area contributed by atoms with Crippen molar-refractivity contribution in [1.29, 1.82) is 0 Å². The van der Waals surface area contributed by atoms with Gasteiger partial charge in [0, 0.05) is 5.25 Å². The summed E-state index contributed by atoms with van der Waals surface area (Å²) in [6.45, 7) is 6.65. The van der Waals surface area contributed by atoms with Crippen LogP contribution in [0.1, 0.15) is 33.6 Å². The molecule has 0 aliphatic rings. The molecule has 0 saturated heterocycles. The Balaban J connectivity index is 3.94. The first-order valence-electron chi connectivity index (χ1n) is 6.13. The van der Waals surface area contributed by atoms with Crippen molar-refractivity contribution in [3.05, 3.63) is 0 Å². The number of ether oxygens (including phenoxy) is 1. The Kier molecular flexibility index (Phi) is 9.59. The van der Waals surface area contributed by atoms with Gasteiger partial charge in [0.2, 0.25) is 0 Å². The maximum absolute atomic E-state index is 11.5. The standard InChI is InChI=1S/C12H25NO3S/c1-5-7-13-11(12(15)16-4)6-8-17-10(3)9(2)14/h9-11,13-14H,5-8H2,1-4H3. The van der Waals surface area contributed by atoms with Crippen molar-refractivity contribution in [3.63, 3.8) is 0 Å². The van der Waals surface area contributed by atoms with E-state index in [4.69, 9.17) is 4.74 Å². The monoisotopic (exact) mass is 263 g/mol. The fraction of sp³-hybridized carbons (Fsp3) is 0.917. The van der Waals surface area contributed by atoms with Crippen molar-refractivity contribution >= 4 is 17.7 Å². The van der Waals surface area contributed by atoms with Gasteiger partial charge in [-0.05, 0) is 32.1 Å². The summed E-state index contributed by atoms with van der Waals surface area (Å²) in [6.07, 6.45) is 1.40. The van der Waals surface area contributed by atoms with Crippen LogP contribution in [-0.2, 0) is 9.53 Å². The number of hydrogen-bond donors (Lipinski definition) is 2. The lowest BCUT2D eigenvalue weighted by Gasteiger charge is -2.18. The van der Waals surface area contributed by atoms with E-state index in [0.717, 1.165) is 25.1 Å². The molecule has 3 atom stereocenters. The normalized spacial score (nSPS) is 16.3. The molecule has 5 heteroatoms. The molecule has 0 aliphatic heterocycles. The van der Waals surface area contributed by atoms with Crippen molar-refractivity contribution in [1.82, 2.24) is 5.32 Å². The molecule has 4 nitrogen and oxygen atoms in total. The minimum Gasteiger partial charge on any atom is -0.468 e. The van der Waals surface area contributed by atoms with Crippen molar-refractivity contribution in [2.75, 3.05) is 19.4 Å². The number of carbonyl (C=O) groups is 1. The highest BCUT2D eigenvalue weighted by Crippen LogP contribution is 2.16. The highest BCUT2D eigenvalue weighted by Gasteiger charge is 2.18. The van der Waals surface area contributed by atoms with E-state index in [0.29, 0.717) is 0 Å². The first-order chi connectivity index (χ1) is 8.02. The van der Waals surface area contributed by atoms with Gasteiger partial charge in [0.25, 0.3) is 0 Å².